The number of aliphatic carboxylic acids is 1. The van der Waals surface area contributed by atoms with Gasteiger partial charge in [-0.3, -0.25) is 9.59 Å². The van der Waals surface area contributed by atoms with Gasteiger partial charge in [0.2, 0.25) is 0 Å². The summed E-state index contributed by atoms with van der Waals surface area (Å²) in [5, 5.41) is 9.17. The summed E-state index contributed by atoms with van der Waals surface area (Å²) in [6, 6.07) is 5.56. The lowest BCUT2D eigenvalue weighted by atomic mass is 9.90. The first-order valence-corrected chi connectivity index (χ1v) is 7.45. The Bertz CT molecular complexity index is 524. The molecule has 0 saturated carbocycles. The van der Waals surface area contributed by atoms with Crippen LogP contribution in [0.5, 0.6) is 0 Å². The maximum atomic E-state index is 12.5. The number of carbonyl (C=O) groups is 2. The van der Waals surface area contributed by atoms with Crippen LogP contribution in [0.15, 0.2) is 22.7 Å². The zero-order valence-corrected chi connectivity index (χ0v) is 13.2. The molecule has 2 atom stereocenters. The smallest absolute Gasteiger partial charge is 0.308 e. The van der Waals surface area contributed by atoms with Crippen LogP contribution in [0.1, 0.15) is 29.3 Å². The lowest BCUT2D eigenvalue weighted by Crippen LogP contribution is -2.45. The second kappa shape index (κ2) is 5.95. The fourth-order valence-corrected chi connectivity index (χ4v) is 3.35. The highest BCUT2D eigenvalue weighted by atomic mass is 79.9. The van der Waals surface area contributed by atoms with Crippen LogP contribution < -0.4 is 0 Å². The van der Waals surface area contributed by atoms with E-state index in [0.717, 1.165) is 10.0 Å². The van der Waals surface area contributed by atoms with E-state index in [4.69, 9.17) is 5.11 Å². The number of carboxylic acids is 1. The first kappa shape index (κ1) is 15.0. The molecular formula is C15H18BrNO3. The minimum absolute atomic E-state index is 0.0906. The Balaban J connectivity index is 2.21. The summed E-state index contributed by atoms with van der Waals surface area (Å²) >= 11 is 3.39. The molecule has 20 heavy (non-hydrogen) atoms. The number of nitrogens with zero attached hydrogens (tertiary/aromatic N) is 1. The van der Waals surface area contributed by atoms with Crippen molar-refractivity contribution in [2.24, 2.45) is 11.8 Å². The van der Waals surface area contributed by atoms with Gasteiger partial charge in [0.05, 0.1) is 5.92 Å². The van der Waals surface area contributed by atoms with Gasteiger partial charge >= 0.3 is 5.97 Å². The predicted molar refractivity (Wildman–Crippen MR) is 79.7 cm³/mol. The third-order valence-corrected chi connectivity index (χ3v) is 4.04. The van der Waals surface area contributed by atoms with Crippen LogP contribution in [-0.4, -0.2) is 35.0 Å². The third kappa shape index (κ3) is 3.39. The van der Waals surface area contributed by atoms with Crippen LogP contribution in [0.3, 0.4) is 0 Å². The molecule has 2 unspecified atom stereocenters. The maximum Gasteiger partial charge on any atom is 0.308 e. The van der Waals surface area contributed by atoms with Crippen LogP contribution in [0.4, 0.5) is 0 Å². The zero-order chi connectivity index (χ0) is 14.9. The fourth-order valence-electron chi connectivity index (χ4n) is 2.74. The van der Waals surface area contributed by atoms with E-state index in [2.05, 4.69) is 15.9 Å². The van der Waals surface area contributed by atoms with Gasteiger partial charge in [-0.25, -0.2) is 0 Å². The van der Waals surface area contributed by atoms with Crippen molar-refractivity contribution in [3.63, 3.8) is 0 Å². The molecule has 0 spiro atoms. The molecule has 5 heteroatoms. The number of carboxylic acid groups (broad SMARTS) is 1. The molecule has 0 bridgehead atoms. The summed E-state index contributed by atoms with van der Waals surface area (Å²) < 4.78 is 0.862. The number of benzene rings is 1. The van der Waals surface area contributed by atoms with Crippen molar-refractivity contribution >= 4 is 27.8 Å². The SMILES string of the molecule is Cc1cc(Br)cc(C(=O)N2CC(C)CC(C(=O)O)C2)c1. The van der Waals surface area contributed by atoms with Crippen molar-refractivity contribution in [3.05, 3.63) is 33.8 Å². The molecular weight excluding hydrogens is 322 g/mol. The van der Waals surface area contributed by atoms with E-state index in [1.165, 1.54) is 0 Å². The first-order chi connectivity index (χ1) is 9.36. The van der Waals surface area contributed by atoms with Crippen molar-refractivity contribution < 1.29 is 14.7 Å². The van der Waals surface area contributed by atoms with E-state index >= 15 is 0 Å². The Kier molecular flexibility index (Phi) is 4.48. The summed E-state index contributed by atoms with van der Waals surface area (Å²) in [5.74, 6) is -1.16. The molecule has 4 nitrogen and oxygen atoms in total. The molecule has 0 radical (unpaired) electrons. The molecule has 1 saturated heterocycles. The molecule has 2 rings (SSSR count). The summed E-state index contributed by atoms with van der Waals surface area (Å²) in [5.41, 5.74) is 1.61. The quantitative estimate of drug-likeness (QED) is 0.901. The summed E-state index contributed by atoms with van der Waals surface area (Å²) in [6.07, 6.45) is 0.636. The summed E-state index contributed by atoms with van der Waals surface area (Å²) in [6.45, 7) is 4.83. The molecule has 0 aliphatic carbocycles. The lowest BCUT2D eigenvalue weighted by Gasteiger charge is -2.34. The number of hydrogen-bond donors (Lipinski definition) is 1. The van der Waals surface area contributed by atoms with Gasteiger partial charge in [0.15, 0.2) is 0 Å². The molecule has 1 aromatic carbocycles. The van der Waals surface area contributed by atoms with Crippen molar-refractivity contribution in [1.29, 1.82) is 0 Å². The highest BCUT2D eigenvalue weighted by molar-refractivity contribution is 9.10. The number of amides is 1. The molecule has 1 aliphatic rings. The van der Waals surface area contributed by atoms with Gasteiger partial charge in [0, 0.05) is 23.1 Å². The van der Waals surface area contributed by atoms with Gasteiger partial charge in [-0.2, -0.15) is 0 Å². The number of hydrogen-bond acceptors (Lipinski definition) is 2. The second-order valence-corrected chi connectivity index (χ2v) is 6.52. The standard InChI is InChI=1S/C15H18BrNO3/c1-9-3-11(6-13(16)5-9)14(18)17-7-10(2)4-12(8-17)15(19)20/h3,5-6,10,12H,4,7-8H2,1-2H3,(H,19,20). The van der Waals surface area contributed by atoms with Gasteiger partial charge in [0.25, 0.3) is 5.91 Å². The van der Waals surface area contributed by atoms with Crippen LogP contribution >= 0.6 is 15.9 Å². The van der Waals surface area contributed by atoms with Gasteiger partial charge < -0.3 is 10.0 Å². The molecule has 1 aromatic rings. The van der Waals surface area contributed by atoms with E-state index in [1.807, 2.05) is 26.0 Å². The molecule has 1 heterocycles. The van der Waals surface area contributed by atoms with Crippen molar-refractivity contribution in [3.8, 4) is 0 Å². The Hall–Kier alpha value is -1.36. The molecule has 1 fully saturated rings. The number of likely N-dealkylation sites (tertiary alicyclic amines) is 1. The van der Waals surface area contributed by atoms with E-state index in [1.54, 1.807) is 11.0 Å². The normalized spacial score (nSPS) is 22.6. The lowest BCUT2D eigenvalue weighted by molar-refractivity contribution is -0.143. The average molecular weight is 340 g/mol. The van der Waals surface area contributed by atoms with E-state index in [9.17, 15) is 9.59 Å². The number of halogens is 1. The number of piperidine rings is 1. The Morgan fingerprint density at radius 1 is 1.30 bits per heavy atom. The predicted octanol–water partition coefficient (Wildman–Crippen LogP) is 2.94. The van der Waals surface area contributed by atoms with Gasteiger partial charge in [-0.1, -0.05) is 22.9 Å². The highest BCUT2D eigenvalue weighted by Gasteiger charge is 2.32. The summed E-state index contributed by atoms with van der Waals surface area (Å²) in [4.78, 5) is 25.4. The van der Waals surface area contributed by atoms with E-state index in [0.29, 0.717) is 25.1 Å². The zero-order valence-electron chi connectivity index (χ0n) is 11.6. The molecule has 1 amide bonds. The second-order valence-electron chi connectivity index (χ2n) is 5.60. The third-order valence-electron chi connectivity index (χ3n) is 3.59. The minimum atomic E-state index is -0.820. The fraction of sp³-hybridized carbons (Fsp3) is 0.467. The van der Waals surface area contributed by atoms with Crippen LogP contribution in [0.2, 0.25) is 0 Å². The van der Waals surface area contributed by atoms with E-state index < -0.39 is 11.9 Å². The average Bonchev–Trinajstić information content (AvgIpc) is 2.35. The number of aryl methyl sites for hydroxylation is 1. The number of rotatable bonds is 2. The summed E-state index contributed by atoms with van der Waals surface area (Å²) in [7, 11) is 0. The molecule has 108 valence electrons. The molecule has 1 aliphatic heterocycles. The minimum Gasteiger partial charge on any atom is -0.481 e. The molecule has 1 N–H and O–H groups in total. The number of carbonyl (C=O) groups excluding carboxylic acids is 1. The van der Waals surface area contributed by atoms with Crippen LogP contribution in [0, 0.1) is 18.8 Å². The Morgan fingerprint density at radius 2 is 2.00 bits per heavy atom. The van der Waals surface area contributed by atoms with Crippen LogP contribution in [-0.2, 0) is 4.79 Å². The van der Waals surface area contributed by atoms with E-state index in [-0.39, 0.29) is 11.8 Å². The topological polar surface area (TPSA) is 57.6 Å². The largest absolute Gasteiger partial charge is 0.481 e. The molecule has 0 aromatic heterocycles. The van der Waals surface area contributed by atoms with Crippen molar-refractivity contribution in [2.45, 2.75) is 20.3 Å². The monoisotopic (exact) mass is 339 g/mol. The van der Waals surface area contributed by atoms with Gasteiger partial charge in [-0.05, 0) is 43.0 Å². The van der Waals surface area contributed by atoms with Gasteiger partial charge in [0.1, 0.15) is 0 Å². The van der Waals surface area contributed by atoms with Crippen molar-refractivity contribution in [1.82, 2.24) is 4.90 Å². The first-order valence-electron chi connectivity index (χ1n) is 6.66. The maximum absolute atomic E-state index is 12.5. The Morgan fingerprint density at radius 3 is 2.60 bits per heavy atom. The Labute approximate surface area is 126 Å². The van der Waals surface area contributed by atoms with Gasteiger partial charge in [-0.15, -0.1) is 0 Å². The van der Waals surface area contributed by atoms with Crippen LogP contribution in [0.25, 0.3) is 0 Å². The van der Waals surface area contributed by atoms with Crippen molar-refractivity contribution in [2.75, 3.05) is 13.1 Å². The highest BCUT2D eigenvalue weighted by Crippen LogP contribution is 2.24.